The van der Waals surface area contributed by atoms with Crippen LogP contribution in [0.2, 0.25) is 10.0 Å². The number of nitrogens with zero attached hydrogens (tertiary/aromatic N) is 1. The van der Waals surface area contributed by atoms with Crippen molar-refractivity contribution in [3.8, 4) is 0 Å². The van der Waals surface area contributed by atoms with Crippen LogP contribution in [0.5, 0.6) is 0 Å². The Morgan fingerprint density at radius 1 is 1.00 bits per heavy atom. The van der Waals surface area contributed by atoms with E-state index in [9.17, 15) is 9.59 Å². The van der Waals surface area contributed by atoms with Crippen molar-refractivity contribution in [1.29, 1.82) is 0 Å². The second kappa shape index (κ2) is 12.0. The molecule has 0 fully saturated rings. The number of hydrogen-bond donors (Lipinski definition) is 1. The van der Waals surface area contributed by atoms with Crippen LogP contribution >= 0.6 is 23.2 Å². The molecule has 2 rings (SSSR count). The smallest absolute Gasteiger partial charge is 0.242 e. The van der Waals surface area contributed by atoms with Gasteiger partial charge in [-0.2, -0.15) is 0 Å². The standard InChI is InChI=1S/C24H30Cl2N2O2/c1-4-22(24(30)27-16-17(2)3)28(14-13-18-9-6-5-7-10-18)23(29)15-19-20(25)11-8-12-21(19)26/h5-12,17,22H,4,13-16H2,1-3H3,(H,27,30)/t22-/m0/s1. The number of rotatable bonds is 10. The molecule has 2 aromatic carbocycles. The number of amides is 2. The Balaban J connectivity index is 2.24. The van der Waals surface area contributed by atoms with Crippen LogP contribution in [0, 0.1) is 5.92 Å². The highest BCUT2D eigenvalue weighted by Gasteiger charge is 2.29. The van der Waals surface area contributed by atoms with Gasteiger partial charge in [0.2, 0.25) is 11.8 Å². The third kappa shape index (κ3) is 7.03. The minimum Gasteiger partial charge on any atom is -0.354 e. The summed E-state index contributed by atoms with van der Waals surface area (Å²) >= 11 is 12.6. The van der Waals surface area contributed by atoms with E-state index in [2.05, 4.69) is 5.32 Å². The van der Waals surface area contributed by atoms with Crippen molar-refractivity contribution in [3.05, 3.63) is 69.7 Å². The number of hydrogen-bond acceptors (Lipinski definition) is 2. The molecule has 0 radical (unpaired) electrons. The lowest BCUT2D eigenvalue weighted by Crippen LogP contribution is -2.51. The third-order valence-electron chi connectivity index (χ3n) is 4.94. The predicted molar refractivity (Wildman–Crippen MR) is 124 cm³/mol. The lowest BCUT2D eigenvalue weighted by molar-refractivity contribution is -0.140. The van der Waals surface area contributed by atoms with Crippen LogP contribution in [0.4, 0.5) is 0 Å². The molecule has 0 aliphatic carbocycles. The van der Waals surface area contributed by atoms with E-state index in [1.165, 1.54) is 0 Å². The highest BCUT2D eigenvalue weighted by atomic mass is 35.5. The summed E-state index contributed by atoms with van der Waals surface area (Å²) in [6.07, 6.45) is 1.25. The maximum atomic E-state index is 13.3. The average Bonchev–Trinajstić information content (AvgIpc) is 2.72. The molecule has 162 valence electrons. The summed E-state index contributed by atoms with van der Waals surface area (Å²) in [5, 5.41) is 3.88. The first-order valence-electron chi connectivity index (χ1n) is 10.4. The van der Waals surface area contributed by atoms with E-state index in [-0.39, 0.29) is 18.2 Å². The first kappa shape index (κ1) is 24.2. The summed E-state index contributed by atoms with van der Waals surface area (Å²) in [7, 11) is 0. The SMILES string of the molecule is CC[C@@H](C(=O)NCC(C)C)N(CCc1ccccc1)C(=O)Cc1c(Cl)cccc1Cl. The number of halogens is 2. The van der Waals surface area contributed by atoms with E-state index in [1.54, 1.807) is 23.1 Å². The molecule has 1 N–H and O–H groups in total. The first-order chi connectivity index (χ1) is 14.3. The summed E-state index contributed by atoms with van der Waals surface area (Å²) in [5.41, 5.74) is 1.71. The topological polar surface area (TPSA) is 49.4 Å². The lowest BCUT2D eigenvalue weighted by atomic mass is 10.1. The van der Waals surface area contributed by atoms with Crippen LogP contribution in [-0.2, 0) is 22.4 Å². The summed E-state index contributed by atoms with van der Waals surface area (Å²) in [4.78, 5) is 27.8. The Hall–Kier alpha value is -2.04. The Morgan fingerprint density at radius 3 is 2.20 bits per heavy atom. The Labute approximate surface area is 189 Å². The van der Waals surface area contributed by atoms with Crippen LogP contribution in [0.1, 0.15) is 38.3 Å². The molecule has 0 aliphatic rings. The second-order valence-electron chi connectivity index (χ2n) is 7.76. The van der Waals surface area contributed by atoms with E-state index in [0.29, 0.717) is 47.5 Å². The quantitative estimate of drug-likeness (QED) is 0.545. The van der Waals surface area contributed by atoms with Crippen molar-refractivity contribution in [2.24, 2.45) is 5.92 Å². The summed E-state index contributed by atoms with van der Waals surface area (Å²) in [6, 6.07) is 14.6. The fourth-order valence-corrected chi connectivity index (χ4v) is 3.80. The summed E-state index contributed by atoms with van der Waals surface area (Å²) in [6.45, 7) is 7.02. The largest absolute Gasteiger partial charge is 0.354 e. The molecule has 30 heavy (non-hydrogen) atoms. The highest BCUT2D eigenvalue weighted by molar-refractivity contribution is 6.36. The normalized spacial score (nSPS) is 11.9. The number of benzene rings is 2. The van der Waals surface area contributed by atoms with E-state index in [4.69, 9.17) is 23.2 Å². The van der Waals surface area contributed by atoms with Crippen LogP contribution in [0.3, 0.4) is 0 Å². The van der Waals surface area contributed by atoms with E-state index in [0.717, 1.165) is 5.56 Å². The average molecular weight is 449 g/mol. The van der Waals surface area contributed by atoms with Crippen molar-refractivity contribution in [2.75, 3.05) is 13.1 Å². The van der Waals surface area contributed by atoms with Crippen LogP contribution in [0.15, 0.2) is 48.5 Å². The molecule has 0 saturated heterocycles. The molecule has 2 amide bonds. The van der Waals surface area contributed by atoms with Crippen LogP contribution in [0.25, 0.3) is 0 Å². The fourth-order valence-electron chi connectivity index (χ4n) is 3.27. The van der Waals surface area contributed by atoms with Gasteiger partial charge in [-0.3, -0.25) is 9.59 Å². The van der Waals surface area contributed by atoms with Gasteiger partial charge in [-0.25, -0.2) is 0 Å². The van der Waals surface area contributed by atoms with Gasteiger partial charge < -0.3 is 10.2 Å². The maximum absolute atomic E-state index is 13.3. The summed E-state index contributed by atoms with van der Waals surface area (Å²) < 4.78 is 0. The molecule has 4 nitrogen and oxygen atoms in total. The van der Waals surface area contributed by atoms with Gasteiger partial charge in [0.25, 0.3) is 0 Å². The van der Waals surface area contributed by atoms with Crippen molar-refractivity contribution in [3.63, 3.8) is 0 Å². The van der Waals surface area contributed by atoms with Gasteiger partial charge >= 0.3 is 0 Å². The Bertz CT molecular complexity index is 820. The van der Waals surface area contributed by atoms with E-state index < -0.39 is 6.04 Å². The summed E-state index contributed by atoms with van der Waals surface area (Å²) in [5.74, 6) is 0.0483. The zero-order chi connectivity index (χ0) is 22.1. The fraction of sp³-hybridized carbons (Fsp3) is 0.417. The van der Waals surface area contributed by atoms with Crippen molar-refractivity contribution >= 4 is 35.0 Å². The highest BCUT2D eigenvalue weighted by Crippen LogP contribution is 2.25. The monoisotopic (exact) mass is 448 g/mol. The molecule has 1 atom stereocenters. The minimum absolute atomic E-state index is 0.0568. The van der Waals surface area contributed by atoms with Gasteiger partial charge in [0.05, 0.1) is 6.42 Å². The molecule has 0 bridgehead atoms. The van der Waals surface area contributed by atoms with Gasteiger partial charge in [0.1, 0.15) is 6.04 Å². The molecule has 2 aromatic rings. The van der Waals surface area contributed by atoms with Crippen LogP contribution < -0.4 is 5.32 Å². The van der Waals surface area contributed by atoms with Crippen molar-refractivity contribution in [2.45, 2.75) is 46.1 Å². The van der Waals surface area contributed by atoms with E-state index in [1.807, 2.05) is 51.1 Å². The molecule has 0 aliphatic heterocycles. The lowest BCUT2D eigenvalue weighted by Gasteiger charge is -2.31. The zero-order valence-electron chi connectivity index (χ0n) is 17.8. The van der Waals surface area contributed by atoms with Gasteiger partial charge in [0, 0.05) is 23.1 Å². The Morgan fingerprint density at radius 2 is 1.63 bits per heavy atom. The molecule has 0 aromatic heterocycles. The molecule has 6 heteroatoms. The van der Waals surface area contributed by atoms with Crippen molar-refractivity contribution < 1.29 is 9.59 Å². The third-order valence-corrected chi connectivity index (χ3v) is 5.65. The number of nitrogens with one attached hydrogen (secondary N) is 1. The maximum Gasteiger partial charge on any atom is 0.242 e. The number of carbonyl (C=O) groups is 2. The van der Waals surface area contributed by atoms with Gasteiger partial charge in [-0.1, -0.05) is 80.4 Å². The first-order valence-corrected chi connectivity index (χ1v) is 11.1. The number of carbonyl (C=O) groups excluding carboxylic acids is 2. The molecule has 0 unspecified atom stereocenters. The molecule has 0 heterocycles. The van der Waals surface area contributed by atoms with Gasteiger partial charge in [-0.15, -0.1) is 0 Å². The predicted octanol–water partition coefficient (Wildman–Crippen LogP) is 5.16. The van der Waals surface area contributed by atoms with Gasteiger partial charge in [-0.05, 0) is 42.0 Å². The van der Waals surface area contributed by atoms with Crippen LogP contribution in [-0.4, -0.2) is 35.8 Å². The van der Waals surface area contributed by atoms with Crippen molar-refractivity contribution in [1.82, 2.24) is 10.2 Å². The zero-order valence-corrected chi connectivity index (χ0v) is 19.3. The Kier molecular flexibility index (Phi) is 9.67. The molecular weight excluding hydrogens is 419 g/mol. The second-order valence-corrected chi connectivity index (χ2v) is 8.58. The molecular formula is C24H30Cl2N2O2. The van der Waals surface area contributed by atoms with Gasteiger partial charge in [0.15, 0.2) is 0 Å². The molecule has 0 saturated carbocycles. The minimum atomic E-state index is -0.541. The van der Waals surface area contributed by atoms with E-state index >= 15 is 0 Å². The molecule has 0 spiro atoms.